The number of carboxylic acids is 2. The number of amides is 1. The number of hydrogen-bond acceptors (Lipinski definition) is 26. The number of nitrogens with two attached hydrogens (primary N) is 2. The van der Waals surface area contributed by atoms with Gasteiger partial charge in [-0.25, -0.2) is 51.2 Å². The number of nitrogens with one attached hydrogen (secondary N) is 2. The number of aromatic nitrogens is 7. The summed E-state index contributed by atoms with van der Waals surface area (Å²) in [6.07, 6.45) is 0. The van der Waals surface area contributed by atoms with Gasteiger partial charge in [-0.1, -0.05) is 141 Å². The number of hydrogen-bond donors (Lipinski definition) is 6. The number of methoxy groups -OCH3 is 2. The number of ether oxygens (including phenoxy) is 3. The molecule has 0 unspecified atom stereocenters. The number of carbonyl (C=O) groups excluding carboxylic acids is 4. The third-order valence-electron chi connectivity index (χ3n) is 20.3. The Kier molecular flexibility index (Phi) is 46.5. The maximum atomic E-state index is 13.1. The third-order valence-corrected chi connectivity index (χ3v) is 26.4. The Morgan fingerprint density at radius 2 is 0.843 bits per heavy atom. The van der Waals surface area contributed by atoms with E-state index in [1.165, 1.54) is 59.8 Å². The summed E-state index contributed by atoms with van der Waals surface area (Å²) in [5.41, 5.74) is 11.7. The largest absolute Gasteiger partial charge is 0.497 e. The van der Waals surface area contributed by atoms with E-state index in [4.69, 9.17) is 116 Å². The summed E-state index contributed by atoms with van der Waals surface area (Å²) in [4.78, 5) is 132. The first-order valence-corrected chi connectivity index (χ1v) is 49.3. The van der Waals surface area contributed by atoms with Crippen LogP contribution in [0.5, 0.6) is 11.5 Å². The van der Waals surface area contributed by atoms with Crippen molar-refractivity contribution in [3.8, 4) is 11.5 Å². The van der Waals surface area contributed by atoms with Crippen LogP contribution in [0.1, 0.15) is 153 Å². The van der Waals surface area contributed by atoms with E-state index in [9.17, 15) is 64.8 Å². The van der Waals surface area contributed by atoms with Crippen molar-refractivity contribution < 1.29 is 74.4 Å². The van der Waals surface area contributed by atoms with Crippen molar-refractivity contribution in [3.05, 3.63) is 264 Å². The van der Waals surface area contributed by atoms with Crippen molar-refractivity contribution in [3.63, 3.8) is 0 Å². The number of halogens is 8. The monoisotopic (exact) mass is 2170 g/mol. The van der Waals surface area contributed by atoms with E-state index in [2.05, 4.69) is 56.9 Å². The fraction of sp³-hybridized carbons (Fsp3) is 0.354. The van der Waals surface area contributed by atoms with E-state index in [1.807, 2.05) is 55.4 Å². The second-order valence-electron chi connectivity index (χ2n) is 32.9. The molecule has 0 bridgehead atoms. The lowest BCUT2D eigenvalue weighted by Gasteiger charge is -2.43. The fourth-order valence-electron chi connectivity index (χ4n) is 13.0. The Labute approximate surface area is 854 Å². The first-order valence-electron chi connectivity index (χ1n) is 43.0. The minimum absolute atomic E-state index is 0.0125. The van der Waals surface area contributed by atoms with Crippen LogP contribution >= 0.6 is 97.1 Å². The molecule has 0 aliphatic carbocycles. The minimum Gasteiger partial charge on any atom is -0.497 e. The molecule has 2 aliphatic heterocycles. The van der Waals surface area contributed by atoms with Gasteiger partial charge in [-0.3, -0.25) is 52.2 Å². The van der Waals surface area contributed by atoms with Gasteiger partial charge in [0, 0.05) is 147 Å². The molecule has 14 rings (SSSR count). The number of alkyl halides is 1. The molecule has 0 radical (unpaired) electrons. The van der Waals surface area contributed by atoms with Crippen LogP contribution in [0.15, 0.2) is 191 Å². The number of nitrogens with zero attached hydrogens (tertiary/aromatic N) is 10. The van der Waals surface area contributed by atoms with Gasteiger partial charge in [0.05, 0.1) is 94.3 Å². The third kappa shape index (κ3) is 34.2. The van der Waals surface area contributed by atoms with E-state index < -0.39 is 49.5 Å². The topological polar surface area (TPSA) is 472 Å². The van der Waals surface area contributed by atoms with E-state index in [0.29, 0.717) is 160 Å². The van der Waals surface area contributed by atoms with Crippen LogP contribution < -0.4 is 53.9 Å². The average Bonchev–Trinajstić information content (AvgIpc) is 0.745. The van der Waals surface area contributed by atoms with Crippen molar-refractivity contribution >= 4 is 207 Å². The molecule has 8 aromatic carbocycles. The highest BCUT2D eigenvalue weighted by Crippen LogP contribution is 2.33. The van der Waals surface area contributed by atoms with Gasteiger partial charge in [0.2, 0.25) is 37.1 Å². The number of piperazine rings is 2. The molecule has 4 aromatic heterocycles. The van der Waals surface area contributed by atoms with Gasteiger partial charge in [-0.2, -0.15) is 8.61 Å². The molecular weight excluding hydrogens is 2060 g/mol. The zero-order valence-electron chi connectivity index (χ0n) is 80.7. The molecule has 8 N–H and O–H groups in total. The Balaban J connectivity index is 0.000000288. The van der Waals surface area contributed by atoms with E-state index in [1.54, 1.807) is 204 Å². The van der Waals surface area contributed by atoms with E-state index >= 15 is 0 Å². The number of nitrogen functional groups attached to an aromatic ring is 1. The summed E-state index contributed by atoms with van der Waals surface area (Å²) < 4.78 is 77.2. The number of esters is 2. The first kappa shape index (κ1) is 120. The van der Waals surface area contributed by atoms with Crippen molar-refractivity contribution in [2.24, 2.45) is 38.7 Å². The number of sulfonamides is 2. The Morgan fingerprint density at radius 1 is 0.486 bits per heavy atom. The Morgan fingerprint density at radius 3 is 1.21 bits per heavy atom. The highest BCUT2D eigenvalue weighted by Gasteiger charge is 2.38. The molecule has 34 nitrogen and oxygen atoms in total. The van der Waals surface area contributed by atoms with Crippen LogP contribution in [0.2, 0.25) is 30.1 Å². The molecular formula is C96H114BrCl7N14O20S2. The molecule has 2 saturated heterocycles. The van der Waals surface area contributed by atoms with Gasteiger partial charge in [-0.15, -0.1) is 0 Å². The molecule has 6 heterocycles. The molecule has 0 atom stereocenters. The molecule has 2 fully saturated rings. The van der Waals surface area contributed by atoms with Gasteiger partial charge in [0.1, 0.15) is 29.0 Å². The minimum atomic E-state index is -3.60. The van der Waals surface area contributed by atoms with Crippen molar-refractivity contribution in [1.82, 2.24) is 52.5 Å². The van der Waals surface area contributed by atoms with Crippen molar-refractivity contribution in [2.45, 2.75) is 128 Å². The number of aromatic carboxylic acids is 2. The van der Waals surface area contributed by atoms with Crippen LogP contribution in [0, 0.1) is 11.8 Å². The summed E-state index contributed by atoms with van der Waals surface area (Å²) in [6.45, 7) is 29.3. The van der Waals surface area contributed by atoms with Gasteiger partial charge < -0.3 is 50.9 Å². The van der Waals surface area contributed by atoms with Gasteiger partial charge in [0.25, 0.3) is 16.7 Å². The molecule has 756 valence electrons. The Bertz CT molecular complexity index is 6880. The molecule has 0 saturated carbocycles. The van der Waals surface area contributed by atoms with Crippen LogP contribution in [-0.2, 0) is 75.0 Å². The second-order valence-corrected chi connectivity index (χ2v) is 41.7. The number of carbonyl (C=O) groups is 6. The maximum absolute atomic E-state index is 13.1. The molecule has 12 aromatic rings. The first-order chi connectivity index (χ1) is 65.4. The SMILES string of the molecule is CC(=O)OC(C)=O.CC(C)C(=O)Cl.CC(C)C(=O)Nc1ccc(Cl)cc1C(=O)O.CC(C)c1nc2ccc(Cl)cc2c(=O)n1C.CC(C)c1nc2ccc(Cl)cc2c(=O)o1.CN.COc1ccc(S(=O)(=O)N2CCN(C(C)(C)c3nc4ccc(Cl)cc4c(=O)n3C)CC2)cc1.COc1ccc(S(=O)(=O)N2CCNCC2)cc1.Cn1c(C(C)(C)Br)nc2ccc(Cl)cc2c1=O.Nc1ccc(Cl)cc1C(=O)O. The number of fused-ring (bicyclic) bond motifs is 4. The standard InChI is InChI=1S/C23H27ClN4O4S.C12H12BrClN2O.C12H13ClN2O.C11H12ClNO3.C11H10ClNO2.C11H16N2O3S.C7H6ClNO2.C4H7ClO.C4H6O3.CH5N/c1-23(2,22-25-20-10-5-16(24)15-19(20)21(29)26(22)3)27-11-13-28(14-12-27)33(30,31)18-8-6-17(32-4)7-9-18;1-12(2,13)11-15-9-5-4-7(14)6-8(9)10(17)16(11)3;1-7(2)11-14-10-5-4-8(13)6-9(10)12(16)15(11)3;1-6(2)10(14)13-9-4-3-7(12)5-8(9)11(15)16;1-6(2)10-13-9-4-3-7(12)5-8(9)11(14)15-10;1-16-10-2-4-11(5-3-10)17(14,15)13-8-6-12-7-9-13;8-4-1-2-6(9)5(3-4)7(10)11;1-3(2)4(5)6;1-3(5)7-4(2)6;1-2/h5-10,15H,11-14H2,1-4H3;4-6H,1-3H3;4-7H,1-3H3;3-6H,1-2H3,(H,13,14)(H,15,16);3-6H,1-2H3;2-5,12H,6-9H2,1H3;1-3H,9H2,(H,10,11);3H,1-2H3;1-2H3;2H2,1H3. The molecule has 2 aliphatic rings. The second kappa shape index (κ2) is 54.4. The Hall–Kier alpha value is -10.9. The van der Waals surface area contributed by atoms with Crippen LogP contribution in [-0.4, -0.2) is 183 Å². The molecule has 1 amide bonds. The normalized spacial score (nSPS) is 12.7. The number of anilines is 2. The molecule has 0 spiro atoms. The summed E-state index contributed by atoms with van der Waals surface area (Å²) >= 11 is 43.3. The smallest absolute Gasteiger partial charge is 0.346 e. The predicted octanol–water partition coefficient (Wildman–Crippen LogP) is 17.3. The van der Waals surface area contributed by atoms with Gasteiger partial charge in [0.15, 0.2) is 0 Å². The van der Waals surface area contributed by atoms with Gasteiger partial charge in [-0.05, 0) is 204 Å². The quantitative estimate of drug-likeness (QED) is 0.0172. The molecule has 44 heteroatoms. The van der Waals surface area contributed by atoms with Crippen LogP contribution in [0.3, 0.4) is 0 Å². The summed E-state index contributed by atoms with van der Waals surface area (Å²) in [7, 11) is 2.81. The summed E-state index contributed by atoms with van der Waals surface area (Å²) in [6, 6.07) is 42.0. The number of carboxylic acid groups (broad SMARTS) is 2. The fourth-order valence-corrected chi connectivity index (χ4v) is 17.2. The van der Waals surface area contributed by atoms with E-state index in [-0.39, 0.29) is 88.8 Å². The lowest BCUT2D eigenvalue weighted by Crippen LogP contribution is -2.55. The lowest BCUT2D eigenvalue weighted by atomic mass is 9.99. The number of rotatable bonds is 16. The average molecular weight is 2180 g/mol. The molecule has 140 heavy (non-hydrogen) atoms. The van der Waals surface area contributed by atoms with Crippen molar-refractivity contribution in [1.29, 1.82) is 0 Å². The van der Waals surface area contributed by atoms with E-state index in [0.717, 1.165) is 5.82 Å². The highest BCUT2D eigenvalue weighted by molar-refractivity contribution is 9.09. The van der Waals surface area contributed by atoms with Gasteiger partial charge >= 0.3 is 29.5 Å². The van der Waals surface area contributed by atoms with Crippen LogP contribution in [0.25, 0.3) is 43.6 Å². The lowest BCUT2D eigenvalue weighted by molar-refractivity contribution is -0.156. The zero-order chi connectivity index (χ0) is 106. The summed E-state index contributed by atoms with van der Waals surface area (Å²) in [5.74, 6) is 0.359. The summed E-state index contributed by atoms with van der Waals surface area (Å²) in [5, 5.41) is 27.7. The zero-order valence-corrected chi connectivity index (χ0v) is 89.2. The van der Waals surface area contributed by atoms with Crippen molar-refractivity contribution in [2.75, 3.05) is 84.7 Å². The predicted molar refractivity (Wildman–Crippen MR) is 555 cm³/mol. The maximum Gasteiger partial charge on any atom is 0.346 e. The highest BCUT2D eigenvalue weighted by atomic mass is 79.9. The van der Waals surface area contributed by atoms with Crippen LogP contribution in [0.4, 0.5) is 11.4 Å². The number of benzene rings is 8.